The molecule has 3 nitrogen and oxygen atoms in total. The first kappa shape index (κ1) is 17.3. The maximum atomic E-state index is 13.2. The van der Waals surface area contributed by atoms with Gasteiger partial charge in [-0.1, -0.05) is 66.2 Å². The molecule has 4 rings (SSSR count). The van der Waals surface area contributed by atoms with Crippen molar-refractivity contribution in [1.82, 2.24) is 4.90 Å². The van der Waals surface area contributed by atoms with E-state index in [-0.39, 0.29) is 12.1 Å². The monoisotopic (exact) mass is 356 g/mol. The molecule has 3 aromatic carbocycles. The van der Waals surface area contributed by atoms with Gasteiger partial charge in [-0.3, -0.25) is 0 Å². The van der Waals surface area contributed by atoms with Crippen molar-refractivity contribution in [2.45, 2.75) is 26.3 Å². The third-order valence-electron chi connectivity index (χ3n) is 5.21. The third-order valence-corrected chi connectivity index (χ3v) is 5.21. The lowest BCUT2D eigenvalue weighted by Crippen LogP contribution is -2.43. The topological polar surface area (TPSA) is 32.3 Å². The smallest absolute Gasteiger partial charge is 0.313 e. The standard InChI is InChI=1S/C24H24N2O/c1-17-10-12-20(13-11-17)23-22-9-4-3-7-19(22)14-15-26(23)24(27)25-21-8-5-6-18(2)16-21/h3-13,16,23H,14-15H2,1-2H3,(H,25,27)/t23-/m1/s1. The zero-order chi connectivity index (χ0) is 18.8. The average Bonchev–Trinajstić information content (AvgIpc) is 2.68. The molecule has 0 bridgehead atoms. The summed E-state index contributed by atoms with van der Waals surface area (Å²) in [6.45, 7) is 4.82. The number of benzene rings is 3. The Labute approximate surface area is 160 Å². The van der Waals surface area contributed by atoms with Crippen LogP contribution in [0.5, 0.6) is 0 Å². The van der Waals surface area contributed by atoms with Crippen molar-refractivity contribution in [2.24, 2.45) is 0 Å². The first-order valence-corrected chi connectivity index (χ1v) is 9.40. The summed E-state index contributed by atoms with van der Waals surface area (Å²) in [5.41, 5.74) is 6.87. The van der Waals surface area contributed by atoms with E-state index in [0.717, 1.165) is 23.2 Å². The molecule has 27 heavy (non-hydrogen) atoms. The summed E-state index contributed by atoms with van der Waals surface area (Å²) in [5, 5.41) is 3.08. The Morgan fingerprint density at radius 1 is 0.926 bits per heavy atom. The van der Waals surface area contributed by atoms with E-state index < -0.39 is 0 Å². The van der Waals surface area contributed by atoms with Gasteiger partial charge in [0.2, 0.25) is 0 Å². The highest BCUT2D eigenvalue weighted by Gasteiger charge is 2.31. The third kappa shape index (κ3) is 3.59. The maximum absolute atomic E-state index is 13.2. The lowest BCUT2D eigenvalue weighted by atomic mass is 9.88. The van der Waals surface area contributed by atoms with Crippen molar-refractivity contribution in [2.75, 3.05) is 11.9 Å². The Kier molecular flexibility index (Phi) is 4.68. The van der Waals surface area contributed by atoms with Gasteiger partial charge in [-0.25, -0.2) is 4.79 Å². The fourth-order valence-corrected chi connectivity index (χ4v) is 3.81. The van der Waals surface area contributed by atoms with Crippen LogP contribution in [0.3, 0.4) is 0 Å². The van der Waals surface area contributed by atoms with Crippen molar-refractivity contribution in [1.29, 1.82) is 0 Å². The minimum absolute atomic E-state index is 0.0549. The van der Waals surface area contributed by atoms with E-state index in [9.17, 15) is 4.79 Å². The number of hydrogen-bond donors (Lipinski definition) is 1. The molecule has 1 aliphatic rings. The Balaban J connectivity index is 1.70. The van der Waals surface area contributed by atoms with Crippen molar-refractivity contribution < 1.29 is 4.79 Å². The van der Waals surface area contributed by atoms with Gasteiger partial charge in [0.1, 0.15) is 0 Å². The van der Waals surface area contributed by atoms with Crippen molar-refractivity contribution in [3.8, 4) is 0 Å². The van der Waals surface area contributed by atoms with E-state index in [1.807, 2.05) is 36.1 Å². The van der Waals surface area contributed by atoms with Gasteiger partial charge in [0.15, 0.2) is 0 Å². The number of aryl methyl sites for hydroxylation is 2. The predicted octanol–water partition coefficient (Wildman–Crippen LogP) is 5.48. The Hall–Kier alpha value is -3.07. The van der Waals surface area contributed by atoms with Crippen LogP contribution in [-0.4, -0.2) is 17.5 Å². The van der Waals surface area contributed by atoms with Crippen molar-refractivity contribution >= 4 is 11.7 Å². The lowest BCUT2D eigenvalue weighted by molar-refractivity contribution is 0.194. The summed E-state index contributed by atoms with van der Waals surface area (Å²) < 4.78 is 0. The van der Waals surface area contributed by atoms with Crippen LogP contribution < -0.4 is 5.32 Å². The Morgan fingerprint density at radius 3 is 2.48 bits per heavy atom. The zero-order valence-electron chi connectivity index (χ0n) is 15.8. The predicted molar refractivity (Wildman–Crippen MR) is 110 cm³/mol. The number of fused-ring (bicyclic) bond motifs is 1. The van der Waals surface area contributed by atoms with Gasteiger partial charge >= 0.3 is 6.03 Å². The molecular formula is C24H24N2O. The number of anilines is 1. The summed E-state index contributed by atoms with van der Waals surface area (Å²) in [4.78, 5) is 15.1. The minimum atomic E-state index is -0.0691. The van der Waals surface area contributed by atoms with E-state index in [2.05, 4.69) is 60.8 Å². The number of rotatable bonds is 2. The van der Waals surface area contributed by atoms with Crippen LogP contribution in [0.1, 0.15) is 33.9 Å². The highest BCUT2D eigenvalue weighted by atomic mass is 16.2. The molecule has 1 N–H and O–H groups in total. The first-order valence-electron chi connectivity index (χ1n) is 9.40. The van der Waals surface area contributed by atoms with Gasteiger partial charge in [0.05, 0.1) is 6.04 Å². The van der Waals surface area contributed by atoms with Crippen LogP contribution in [0.15, 0.2) is 72.8 Å². The molecular weight excluding hydrogens is 332 g/mol. The molecule has 0 saturated heterocycles. The minimum Gasteiger partial charge on any atom is -0.313 e. The molecule has 0 spiro atoms. The molecule has 0 unspecified atom stereocenters. The number of nitrogens with one attached hydrogen (secondary N) is 1. The summed E-state index contributed by atoms with van der Waals surface area (Å²) in [6.07, 6.45) is 0.875. The average molecular weight is 356 g/mol. The van der Waals surface area contributed by atoms with E-state index in [4.69, 9.17) is 0 Å². The molecule has 0 aliphatic carbocycles. The molecule has 136 valence electrons. The van der Waals surface area contributed by atoms with Gasteiger partial charge in [-0.2, -0.15) is 0 Å². The van der Waals surface area contributed by atoms with Crippen LogP contribution in [0.4, 0.5) is 10.5 Å². The van der Waals surface area contributed by atoms with E-state index >= 15 is 0 Å². The fraction of sp³-hybridized carbons (Fsp3) is 0.208. The second-order valence-corrected chi connectivity index (χ2v) is 7.26. The number of carbonyl (C=O) groups excluding carboxylic acids is 1. The lowest BCUT2D eigenvalue weighted by Gasteiger charge is -2.37. The van der Waals surface area contributed by atoms with Crippen LogP contribution >= 0.6 is 0 Å². The largest absolute Gasteiger partial charge is 0.322 e. The molecule has 0 radical (unpaired) electrons. The summed E-state index contributed by atoms with van der Waals surface area (Å²) in [6, 6.07) is 24.8. The summed E-state index contributed by atoms with van der Waals surface area (Å²) >= 11 is 0. The zero-order valence-corrected chi connectivity index (χ0v) is 15.8. The molecule has 0 aromatic heterocycles. The van der Waals surface area contributed by atoms with Gasteiger partial charge in [-0.05, 0) is 54.7 Å². The van der Waals surface area contributed by atoms with E-state index in [1.54, 1.807) is 0 Å². The Bertz CT molecular complexity index is 962. The quantitative estimate of drug-likeness (QED) is 0.647. The molecule has 3 aromatic rings. The fourth-order valence-electron chi connectivity index (χ4n) is 3.81. The SMILES string of the molecule is Cc1ccc([C@@H]2c3ccccc3CCN2C(=O)Nc2cccc(C)c2)cc1. The van der Waals surface area contributed by atoms with Crippen LogP contribution in [-0.2, 0) is 6.42 Å². The molecule has 1 atom stereocenters. The molecule has 2 amide bonds. The second kappa shape index (κ2) is 7.28. The summed E-state index contributed by atoms with van der Waals surface area (Å²) in [5.74, 6) is 0. The van der Waals surface area contributed by atoms with Gasteiger partial charge < -0.3 is 10.2 Å². The molecule has 1 aliphatic heterocycles. The molecule has 0 fully saturated rings. The van der Waals surface area contributed by atoms with Gasteiger partial charge in [0.25, 0.3) is 0 Å². The van der Waals surface area contributed by atoms with E-state index in [1.165, 1.54) is 16.7 Å². The number of hydrogen-bond acceptors (Lipinski definition) is 1. The number of carbonyl (C=O) groups is 1. The van der Waals surface area contributed by atoms with Crippen LogP contribution in [0.25, 0.3) is 0 Å². The van der Waals surface area contributed by atoms with Crippen molar-refractivity contribution in [3.05, 3.63) is 101 Å². The number of amides is 2. The van der Waals surface area contributed by atoms with Crippen LogP contribution in [0.2, 0.25) is 0 Å². The van der Waals surface area contributed by atoms with Gasteiger partial charge in [-0.15, -0.1) is 0 Å². The van der Waals surface area contributed by atoms with Crippen molar-refractivity contribution in [3.63, 3.8) is 0 Å². The number of urea groups is 1. The van der Waals surface area contributed by atoms with Crippen LogP contribution in [0, 0.1) is 13.8 Å². The highest BCUT2D eigenvalue weighted by Crippen LogP contribution is 2.35. The second-order valence-electron chi connectivity index (χ2n) is 7.26. The molecule has 0 saturated carbocycles. The molecule has 1 heterocycles. The van der Waals surface area contributed by atoms with Gasteiger partial charge in [0, 0.05) is 12.2 Å². The first-order chi connectivity index (χ1) is 13.1. The molecule has 3 heteroatoms. The highest BCUT2D eigenvalue weighted by molar-refractivity contribution is 5.90. The number of nitrogens with zero attached hydrogens (tertiary/aromatic N) is 1. The van der Waals surface area contributed by atoms with E-state index in [0.29, 0.717) is 6.54 Å². The normalized spacial score (nSPS) is 15.9. The maximum Gasteiger partial charge on any atom is 0.322 e. The Morgan fingerprint density at radius 2 is 1.70 bits per heavy atom. The summed E-state index contributed by atoms with van der Waals surface area (Å²) in [7, 11) is 0.